The summed E-state index contributed by atoms with van der Waals surface area (Å²) in [5.74, 6) is 1.67. The van der Waals surface area contributed by atoms with Gasteiger partial charge in [-0.15, -0.1) is 11.3 Å². The number of anilines is 2. The predicted molar refractivity (Wildman–Crippen MR) is 115 cm³/mol. The second kappa shape index (κ2) is 7.27. The van der Waals surface area contributed by atoms with Crippen molar-refractivity contribution >= 4 is 28.9 Å². The summed E-state index contributed by atoms with van der Waals surface area (Å²) in [5, 5.41) is 7.44. The molecule has 8 heteroatoms. The maximum atomic E-state index is 13.1. The quantitative estimate of drug-likeness (QED) is 0.663. The van der Waals surface area contributed by atoms with Crippen LogP contribution >= 0.6 is 11.3 Å². The Balaban J connectivity index is 1.63. The SMILES string of the molecule is COC(C)CN1C(=O)c2cc(-c3ccnc(Nc4ccnn4C)c3)sc2C1(C)C. The maximum Gasteiger partial charge on any atom is 0.255 e. The minimum atomic E-state index is -0.356. The van der Waals surface area contributed by atoms with Crippen LogP contribution in [0.25, 0.3) is 10.4 Å². The smallest absolute Gasteiger partial charge is 0.255 e. The molecule has 1 atom stereocenters. The van der Waals surface area contributed by atoms with Crippen LogP contribution in [0, 0.1) is 0 Å². The van der Waals surface area contributed by atoms with Crippen molar-refractivity contribution in [3.63, 3.8) is 0 Å². The Hall–Kier alpha value is -2.71. The zero-order valence-corrected chi connectivity index (χ0v) is 18.1. The highest BCUT2D eigenvalue weighted by Crippen LogP contribution is 2.46. The van der Waals surface area contributed by atoms with Crippen molar-refractivity contribution in [2.45, 2.75) is 32.4 Å². The normalized spacial score (nSPS) is 16.2. The van der Waals surface area contributed by atoms with Crippen molar-refractivity contribution in [1.82, 2.24) is 19.7 Å². The highest BCUT2D eigenvalue weighted by atomic mass is 32.1. The summed E-state index contributed by atoms with van der Waals surface area (Å²) in [6.45, 7) is 6.75. The molecule has 0 radical (unpaired) electrons. The zero-order chi connectivity index (χ0) is 20.8. The number of rotatable bonds is 6. The molecule has 1 amide bonds. The van der Waals surface area contributed by atoms with Crippen LogP contribution in [0.15, 0.2) is 36.7 Å². The lowest BCUT2D eigenvalue weighted by Gasteiger charge is -2.33. The number of hydrogen-bond donors (Lipinski definition) is 1. The van der Waals surface area contributed by atoms with Gasteiger partial charge in [0.1, 0.15) is 11.6 Å². The van der Waals surface area contributed by atoms with Crippen LogP contribution in [0.5, 0.6) is 0 Å². The largest absolute Gasteiger partial charge is 0.380 e. The molecule has 0 spiro atoms. The van der Waals surface area contributed by atoms with Gasteiger partial charge in [-0.1, -0.05) is 0 Å². The van der Waals surface area contributed by atoms with E-state index in [4.69, 9.17) is 4.74 Å². The molecule has 0 aliphatic carbocycles. The standard InChI is InChI=1S/C21H25N5O2S/c1-13(28-5)12-26-20(27)15-11-16(29-19(15)21(26,2)3)14-6-8-22-17(10-14)24-18-7-9-23-25(18)4/h6-11,13H,12H2,1-5H3,(H,22,24). The molecule has 1 unspecified atom stereocenters. The first-order valence-electron chi connectivity index (χ1n) is 9.51. The number of aryl methyl sites for hydroxylation is 1. The molecule has 0 fully saturated rings. The zero-order valence-electron chi connectivity index (χ0n) is 17.3. The van der Waals surface area contributed by atoms with E-state index in [2.05, 4.69) is 29.2 Å². The average Bonchev–Trinajstić information content (AvgIpc) is 3.36. The van der Waals surface area contributed by atoms with E-state index in [1.807, 2.05) is 43.1 Å². The molecule has 0 saturated heterocycles. The van der Waals surface area contributed by atoms with Gasteiger partial charge in [-0.2, -0.15) is 5.10 Å². The Labute approximate surface area is 174 Å². The van der Waals surface area contributed by atoms with Crippen LogP contribution in [0.2, 0.25) is 0 Å². The Morgan fingerprint density at radius 2 is 2.07 bits per heavy atom. The minimum absolute atomic E-state index is 0.00691. The molecular formula is C21H25N5O2S. The lowest BCUT2D eigenvalue weighted by Crippen LogP contribution is -2.43. The third-order valence-electron chi connectivity index (χ3n) is 5.40. The number of aromatic nitrogens is 3. The van der Waals surface area contributed by atoms with Gasteiger partial charge in [-0.25, -0.2) is 4.98 Å². The first-order chi connectivity index (χ1) is 13.8. The van der Waals surface area contributed by atoms with Crippen LogP contribution in [0.1, 0.15) is 36.0 Å². The lowest BCUT2D eigenvalue weighted by molar-refractivity contribution is 0.0329. The molecule has 0 aromatic carbocycles. The molecule has 1 aliphatic heterocycles. The van der Waals surface area contributed by atoms with Gasteiger partial charge in [0.25, 0.3) is 5.91 Å². The monoisotopic (exact) mass is 411 g/mol. The van der Waals surface area contributed by atoms with Gasteiger partial charge >= 0.3 is 0 Å². The van der Waals surface area contributed by atoms with E-state index in [0.29, 0.717) is 6.54 Å². The molecule has 0 bridgehead atoms. The molecule has 3 aromatic heterocycles. The van der Waals surface area contributed by atoms with Crippen LogP contribution in [0.4, 0.5) is 11.6 Å². The van der Waals surface area contributed by atoms with Crippen molar-refractivity contribution in [1.29, 1.82) is 0 Å². The number of carbonyl (C=O) groups is 1. The van der Waals surface area contributed by atoms with Crippen LogP contribution in [-0.2, 0) is 17.3 Å². The fourth-order valence-electron chi connectivity index (χ4n) is 3.59. The second-order valence-corrected chi connectivity index (χ2v) is 8.82. The fourth-order valence-corrected chi connectivity index (χ4v) is 4.85. The minimum Gasteiger partial charge on any atom is -0.380 e. The highest BCUT2D eigenvalue weighted by Gasteiger charge is 2.45. The van der Waals surface area contributed by atoms with E-state index < -0.39 is 0 Å². The third-order valence-corrected chi connectivity index (χ3v) is 6.90. The number of methoxy groups -OCH3 is 1. The summed E-state index contributed by atoms with van der Waals surface area (Å²) < 4.78 is 7.13. The van der Waals surface area contributed by atoms with E-state index in [1.54, 1.807) is 35.5 Å². The van der Waals surface area contributed by atoms with Crippen molar-refractivity contribution in [2.24, 2.45) is 7.05 Å². The molecule has 4 heterocycles. The Morgan fingerprint density at radius 3 is 2.72 bits per heavy atom. The molecular weight excluding hydrogens is 386 g/mol. The molecule has 29 heavy (non-hydrogen) atoms. The van der Waals surface area contributed by atoms with Crippen LogP contribution in [0.3, 0.4) is 0 Å². The molecule has 4 rings (SSSR count). The number of nitrogens with zero attached hydrogens (tertiary/aromatic N) is 4. The second-order valence-electron chi connectivity index (χ2n) is 7.77. The van der Waals surface area contributed by atoms with E-state index >= 15 is 0 Å². The highest BCUT2D eigenvalue weighted by molar-refractivity contribution is 7.16. The Morgan fingerprint density at radius 1 is 1.28 bits per heavy atom. The summed E-state index contributed by atoms with van der Waals surface area (Å²) in [7, 11) is 3.55. The van der Waals surface area contributed by atoms with Crippen molar-refractivity contribution < 1.29 is 9.53 Å². The predicted octanol–water partition coefficient (Wildman–Crippen LogP) is 4.01. The molecule has 1 N–H and O–H groups in total. The molecule has 1 aliphatic rings. The van der Waals surface area contributed by atoms with Gasteiger partial charge in [0, 0.05) is 42.7 Å². The van der Waals surface area contributed by atoms with Gasteiger partial charge < -0.3 is 15.0 Å². The molecule has 0 saturated carbocycles. The first kappa shape index (κ1) is 19.6. The van der Waals surface area contributed by atoms with Gasteiger partial charge in [-0.3, -0.25) is 9.48 Å². The number of nitrogens with one attached hydrogen (secondary N) is 1. The molecule has 7 nitrogen and oxygen atoms in total. The number of fused-ring (bicyclic) bond motifs is 1. The summed E-state index contributed by atoms with van der Waals surface area (Å²) >= 11 is 1.67. The fraction of sp³-hybridized carbons (Fsp3) is 0.381. The number of thiophene rings is 1. The summed E-state index contributed by atoms with van der Waals surface area (Å²) in [6, 6.07) is 7.86. The topological polar surface area (TPSA) is 72.3 Å². The van der Waals surface area contributed by atoms with E-state index in [9.17, 15) is 4.79 Å². The average molecular weight is 412 g/mol. The van der Waals surface area contributed by atoms with E-state index in [1.165, 1.54) is 0 Å². The number of amides is 1. The number of ether oxygens (including phenoxy) is 1. The number of pyridine rings is 1. The summed E-state index contributed by atoms with van der Waals surface area (Å²) in [5.41, 5.74) is 1.46. The van der Waals surface area contributed by atoms with Crippen LogP contribution in [-0.4, -0.2) is 45.3 Å². The lowest BCUT2D eigenvalue weighted by atomic mass is 10.0. The summed E-state index contributed by atoms with van der Waals surface area (Å²) in [4.78, 5) is 21.5. The maximum absolute atomic E-state index is 13.1. The van der Waals surface area contributed by atoms with Crippen molar-refractivity contribution in [3.05, 3.63) is 47.1 Å². The Kier molecular flexibility index (Phi) is 4.92. The van der Waals surface area contributed by atoms with Gasteiger partial charge in [0.15, 0.2) is 0 Å². The van der Waals surface area contributed by atoms with Crippen LogP contribution < -0.4 is 5.32 Å². The van der Waals surface area contributed by atoms with Crippen molar-refractivity contribution in [2.75, 3.05) is 19.0 Å². The first-order valence-corrected chi connectivity index (χ1v) is 10.3. The number of hydrogen-bond acceptors (Lipinski definition) is 6. The number of carbonyl (C=O) groups excluding carboxylic acids is 1. The van der Waals surface area contributed by atoms with Crippen molar-refractivity contribution in [3.8, 4) is 10.4 Å². The van der Waals surface area contributed by atoms with Gasteiger partial charge in [0.05, 0.1) is 23.4 Å². The van der Waals surface area contributed by atoms with Gasteiger partial charge in [-0.05, 0) is 44.5 Å². The van der Waals surface area contributed by atoms with Gasteiger partial charge in [0.2, 0.25) is 0 Å². The van der Waals surface area contributed by atoms with E-state index in [-0.39, 0.29) is 17.6 Å². The molecule has 3 aromatic rings. The molecule has 152 valence electrons. The third kappa shape index (κ3) is 3.42. The summed E-state index contributed by atoms with van der Waals surface area (Å²) in [6.07, 6.45) is 3.51. The van der Waals surface area contributed by atoms with E-state index in [0.717, 1.165) is 32.5 Å². The Bertz CT molecular complexity index is 1060.